The topological polar surface area (TPSA) is 49.5 Å². The van der Waals surface area contributed by atoms with Gasteiger partial charge < -0.3 is 10.8 Å². The number of hydrogen-bond donors (Lipinski definition) is 2. The van der Waals surface area contributed by atoms with Crippen LogP contribution in [0.3, 0.4) is 0 Å². The Labute approximate surface area is 112 Å². The largest absolute Gasteiger partial charge is 0.395 e. The van der Waals surface area contributed by atoms with Crippen LogP contribution in [0.4, 0.5) is 0 Å². The van der Waals surface area contributed by atoms with Crippen molar-refractivity contribution in [2.24, 2.45) is 17.6 Å². The van der Waals surface area contributed by atoms with Gasteiger partial charge in [0.05, 0.1) is 6.61 Å². The number of rotatable bonds is 6. The molecule has 2 fully saturated rings. The lowest BCUT2D eigenvalue weighted by Gasteiger charge is -2.40. The van der Waals surface area contributed by atoms with Crippen molar-refractivity contribution in [3.05, 3.63) is 0 Å². The van der Waals surface area contributed by atoms with Crippen molar-refractivity contribution in [1.82, 2.24) is 4.90 Å². The van der Waals surface area contributed by atoms with Crippen LogP contribution in [-0.4, -0.2) is 41.8 Å². The van der Waals surface area contributed by atoms with Gasteiger partial charge in [0.1, 0.15) is 0 Å². The van der Waals surface area contributed by atoms with Crippen molar-refractivity contribution >= 4 is 0 Å². The summed E-state index contributed by atoms with van der Waals surface area (Å²) in [5.74, 6) is 1.59. The van der Waals surface area contributed by atoms with E-state index in [1.54, 1.807) is 0 Å². The van der Waals surface area contributed by atoms with Crippen LogP contribution in [0.2, 0.25) is 0 Å². The van der Waals surface area contributed by atoms with E-state index in [0.29, 0.717) is 12.0 Å². The van der Waals surface area contributed by atoms with E-state index < -0.39 is 0 Å². The molecule has 106 valence electrons. The average Bonchev–Trinajstić information content (AvgIpc) is 3.23. The molecule has 0 amide bonds. The molecule has 0 radical (unpaired) electrons. The van der Waals surface area contributed by atoms with Crippen molar-refractivity contribution in [2.75, 3.05) is 13.7 Å². The monoisotopic (exact) mass is 254 g/mol. The Kier molecular flexibility index (Phi) is 5.05. The van der Waals surface area contributed by atoms with Gasteiger partial charge in [-0.15, -0.1) is 0 Å². The number of aliphatic hydroxyl groups is 1. The Balaban J connectivity index is 1.86. The second-order valence-electron chi connectivity index (χ2n) is 6.41. The highest BCUT2D eigenvalue weighted by Gasteiger charge is 2.37. The van der Waals surface area contributed by atoms with Gasteiger partial charge in [-0.25, -0.2) is 0 Å². The van der Waals surface area contributed by atoms with E-state index in [2.05, 4.69) is 18.9 Å². The standard InChI is InChI=1S/C15H30N2O/c1-3-11-4-8-13(9-5-11)17(2)14(10-18)15(16)12-6-7-12/h11-15,18H,3-10,16H2,1-2H3. The van der Waals surface area contributed by atoms with Crippen LogP contribution < -0.4 is 5.73 Å². The maximum atomic E-state index is 9.65. The third kappa shape index (κ3) is 3.25. The molecule has 2 saturated carbocycles. The Morgan fingerprint density at radius 3 is 2.22 bits per heavy atom. The fourth-order valence-electron chi connectivity index (χ4n) is 3.55. The van der Waals surface area contributed by atoms with E-state index in [0.717, 1.165) is 5.92 Å². The number of likely N-dealkylation sites (N-methyl/N-ethyl adjacent to an activating group) is 1. The van der Waals surface area contributed by atoms with Gasteiger partial charge in [0.15, 0.2) is 0 Å². The van der Waals surface area contributed by atoms with Crippen molar-refractivity contribution in [1.29, 1.82) is 0 Å². The van der Waals surface area contributed by atoms with Gasteiger partial charge in [-0.2, -0.15) is 0 Å². The highest BCUT2D eigenvalue weighted by Crippen LogP contribution is 2.35. The van der Waals surface area contributed by atoms with Crippen LogP contribution >= 0.6 is 0 Å². The predicted molar refractivity (Wildman–Crippen MR) is 75.4 cm³/mol. The van der Waals surface area contributed by atoms with Crippen molar-refractivity contribution in [3.63, 3.8) is 0 Å². The lowest BCUT2D eigenvalue weighted by Crippen LogP contribution is -2.53. The summed E-state index contributed by atoms with van der Waals surface area (Å²) in [5.41, 5.74) is 6.29. The first-order valence-electron chi connectivity index (χ1n) is 7.75. The molecule has 2 unspecified atom stereocenters. The zero-order valence-electron chi connectivity index (χ0n) is 12.0. The number of nitrogens with two attached hydrogens (primary N) is 1. The molecule has 2 atom stereocenters. The highest BCUT2D eigenvalue weighted by molar-refractivity contribution is 4.94. The minimum absolute atomic E-state index is 0.167. The summed E-state index contributed by atoms with van der Waals surface area (Å²) in [6, 6.07) is 0.972. The first kappa shape index (κ1) is 14.3. The minimum atomic E-state index is 0.167. The van der Waals surface area contributed by atoms with Gasteiger partial charge in [-0.05, 0) is 57.4 Å². The van der Waals surface area contributed by atoms with Gasteiger partial charge >= 0.3 is 0 Å². The molecule has 18 heavy (non-hydrogen) atoms. The van der Waals surface area contributed by atoms with Crippen LogP contribution in [0.1, 0.15) is 51.9 Å². The molecule has 2 rings (SSSR count). The third-order valence-corrected chi connectivity index (χ3v) is 5.29. The molecule has 0 saturated heterocycles. The first-order chi connectivity index (χ1) is 8.67. The summed E-state index contributed by atoms with van der Waals surface area (Å²) in [6.45, 7) is 2.51. The summed E-state index contributed by atoms with van der Waals surface area (Å²) in [5, 5.41) is 9.65. The molecule has 0 bridgehead atoms. The van der Waals surface area contributed by atoms with E-state index in [9.17, 15) is 5.11 Å². The molecule has 0 spiro atoms. The van der Waals surface area contributed by atoms with Crippen LogP contribution in [0.25, 0.3) is 0 Å². The molecule has 0 aromatic heterocycles. The lowest BCUT2D eigenvalue weighted by atomic mass is 9.83. The van der Waals surface area contributed by atoms with Crippen molar-refractivity contribution in [3.8, 4) is 0 Å². The fourth-order valence-corrected chi connectivity index (χ4v) is 3.55. The Hall–Kier alpha value is -0.120. The number of nitrogens with zero attached hydrogens (tertiary/aromatic N) is 1. The molecule has 0 heterocycles. The molecule has 0 aromatic rings. The summed E-state index contributed by atoms with van der Waals surface area (Å²) < 4.78 is 0. The SMILES string of the molecule is CCC1CCC(N(C)C(CO)C(N)C2CC2)CC1. The van der Waals surface area contributed by atoms with Crippen LogP contribution in [0.5, 0.6) is 0 Å². The zero-order chi connectivity index (χ0) is 13.1. The van der Waals surface area contributed by atoms with E-state index in [-0.39, 0.29) is 18.7 Å². The second-order valence-corrected chi connectivity index (χ2v) is 6.41. The van der Waals surface area contributed by atoms with Crippen LogP contribution in [-0.2, 0) is 0 Å². The molecule has 2 aliphatic rings. The van der Waals surface area contributed by atoms with E-state index in [1.807, 2.05) is 0 Å². The summed E-state index contributed by atoms with van der Waals surface area (Å²) >= 11 is 0. The highest BCUT2D eigenvalue weighted by atomic mass is 16.3. The summed E-state index contributed by atoms with van der Waals surface area (Å²) in [4.78, 5) is 2.38. The van der Waals surface area contributed by atoms with E-state index in [1.165, 1.54) is 44.9 Å². The Morgan fingerprint density at radius 1 is 1.17 bits per heavy atom. The predicted octanol–water partition coefficient (Wildman–Crippen LogP) is 1.99. The second kappa shape index (κ2) is 6.36. The van der Waals surface area contributed by atoms with Gasteiger partial charge in [-0.3, -0.25) is 4.90 Å². The molecular formula is C15H30N2O. The summed E-state index contributed by atoms with van der Waals surface area (Å²) in [7, 11) is 2.17. The molecular weight excluding hydrogens is 224 g/mol. The molecule has 0 aliphatic heterocycles. The third-order valence-electron chi connectivity index (χ3n) is 5.29. The minimum Gasteiger partial charge on any atom is -0.395 e. The molecule has 0 aromatic carbocycles. The summed E-state index contributed by atoms with van der Waals surface area (Å²) in [6.07, 6.45) is 9.10. The molecule has 2 aliphatic carbocycles. The number of hydrogen-bond acceptors (Lipinski definition) is 3. The van der Waals surface area contributed by atoms with Gasteiger partial charge in [0.25, 0.3) is 0 Å². The smallest absolute Gasteiger partial charge is 0.0602 e. The normalized spacial score (nSPS) is 32.5. The Morgan fingerprint density at radius 2 is 1.78 bits per heavy atom. The maximum Gasteiger partial charge on any atom is 0.0602 e. The van der Waals surface area contributed by atoms with Crippen LogP contribution in [0.15, 0.2) is 0 Å². The average molecular weight is 254 g/mol. The maximum absolute atomic E-state index is 9.65. The first-order valence-corrected chi connectivity index (χ1v) is 7.75. The number of aliphatic hydroxyl groups excluding tert-OH is 1. The Bertz CT molecular complexity index is 247. The van der Waals surface area contributed by atoms with E-state index >= 15 is 0 Å². The van der Waals surface area contributed by atoms with Gasteiger partial charge in [0, 0.05) is 18.1 Å². The lowest BCUT2D eigenvalue weighted by molar-refractivity contribution is 0.0614. The quantitative estimate of drug-likeness (QED) is 0.762. The fraction of sp³-hybridized carbons (Fsp3) is 1.00. The zero-order valence-corrected chi connectivity index (χ0v) is 12.0. The van der Waals surface area contributed by atoms with Crippen LogP contribution in [0, 0.1) is 11.8 Å². The van der Waals surface area contributed by atoms with Gasteiger partial charge in [0.2, 0.25) is 0 Å². The molecule has 3 nitrogen and oxygen atoms in total. The van der Waals surface area contributed by atoms with Crippen molar-refractivity contribution in [2.45, 2.75) is 70.0 Å². The van der Waals surface area contributed by atoms with Gasteiger partial charge in [-0.1, -0.05) is 13.3 Å². The molecule has 3 N–H and O–H groups in total. The van der Waals surface area contributed by atoms with E-state index in [4.69, 9.17) is 5.73 Å². The molecule has 3 heteroatoms. The van der Waals surface area contributed by atoms with Crippen molar-refractivity contribution < 1.29 is 5.11 Å².